The summed E-state index contributed by atoms with van der Waals surface area (Å²) in [5.41, 5.74) is 2.03. The van der Waals surface area contributed by atoms with Gasteiger partial charge in [-0.3, -0.25) is 4.79 Å². The summed E-state index contributed by atoms with van der Waals surface area (Å²) in [5, 5.41) is 0. The number of carbonyl (C=O) groups is 1. The SMILES string of the molecule is CCC(=O)OC(C)c1ccc(-c2ccccc2)c(F)c1. The molecule has 2 nitrogen and oxygen atoms in total. The second-order valence-corrected chi connectivity index (χ2v) is 4.59. The minimum absolute atomic E-state index is 0.287. The first kappa shape index (κ1) is 14.3. The molecule has 1 unspecified atom stereocenters. The zero-order valence-electron chi connectivity index (χ0n) is 11.6. The van der Waals surface area contributed by atoms with Crippen molar-refractivity contribution in [3.8, 4) is 11.1 Å². The molecule has 0 aliphatic heterocycles. The van der Waals surface area contributed by atoms with Crippen LogP contribution in [-0.4, -0.2) is 5.97 Å². The molecule has 2 aromatic carbocycles. The van der Waals surface area contributed by atoms with E-state index < -0.39 is 6.10 Å². The third kappa shape index (κ3) is 3.23. The fourth-order valence-corrected chi connectivity index (χ4v) is 1.98. The molecule has 0 aliphatic rings. The first-order valence-corrected chi connectivity index (χ1v) is 6.66. The molecule has 2 aromatic rings. The molecule has 0 amide bonds. The summed E-state index contributed by atoms with van der Waals surface area (Å²) in [4.78, 5) is 11.3. The predicted octanol–water partition coefficient (Wildman–Crippen LogP) is 4.51. The fourth-order valence-electron chi connectivity index (χ4n) is 1.98. The first-order valence-electron chi connectivity index (χ1n) is 6.66. The summed E-state index contributed by atoms with van der Waals surface area (Å²) in [6.07, 6.45) is -0.128. The van der Waals surface area contributed by atoms with Crippen molar-refractivity contribution in [1.29, 1.82) is 0 Å². The topological polar surface area (TPSA) is 26.3 Å². The van der Waals surface area contributed by atoms with Crippen LogP contribution in [0.4, 0.5) is 4.39 Å². The van der Waals surface area contributed by atoms with Crippen LogP contribution >= 0.6 is 0 Å². The largest absolute Gasteiger partial charge is 0.458 e. The van der Waals surface area contributed by atoms with E-state index in [1.54, 1.807) is 26.0 Å². The lowest BCUT2D eigenvalue weighted by Crippen LogP contribution is -2.07. The monoisotopic (exact) mass is 272 g/mol. The minimum atomic E-state index is -0.443. The van der Waals surface area contributed by atoms with Gasteiger partial charge in [-0.05, 0) is 24.1 Å². The molecule has 20 heavy (non-hydrogen) atoms. The van der Waals surface area contributed by atoms with Crippen LogP contribution in [0.3, 0.4) is 0 Å². The number of rotatable bonds is 4. The molecule has 0 heterocycles. The molecule has 3 heteroatoms. The maximum atomic E-state index is 14.2. The molecular weight excluding hydrogens is 255 g/mol. The number of hydrogen-bond donors (Lipinski definition) is 0. The molecule has 104 valence electrons. The van der Waals surface area contributed by atoms with Gasteiger partial charge in [0, 0.05) is 12.0 Å². The van der Waals surface area contributed by atoms with Crippen molar-refractivity contribution in [1.82, 2.24) is 0 Å². The maximum absolute atomic E-state index is 14.2. The molecule has 0 saturated carbocycles. The van der Waals surface area contributed by atoms with Gasteiger partial charge in [-0.25, -0.2) is 4.39 Å². The van der Waals surface area contributed by atoms with Crippen LogP contribution in [0.5, 0.6) is 0 Å². The number of benzene rings is 2. The van der Waals surface area contributed by atoms with Crippen LogP contribution in [0.15, 0.2) is 48.5 Å². The van der Waals surface area contributed by atoms with E-state index in [4.69, 9.17) is 4.74 Å². The highest BCUT2D eigenvalue weighted by Gasteiger charge is 2.13. The van der Waals surface area contributed by atoms with Gasteiger partial charge in [-0.15, -0.1) is 0 Å². The van der Waals surface area contributed by atoms with Gasteiger partial charge in [0.1, 0.15) is 11.9 Å². The summed E-state index contributed by atoms with van der Waals surface area (Å²) >= 11 is 0. The van der Waals surface area contributed by atoms with Crippen molar-refractivity contribution in [2.24, 2.45) is 0 Å². The summed E-state index contributed by atoms with van der Waals surface area (Å²) in [7, 11) is 0. The van der Waals surface area contributed by atoms with Crippen molar-refractivity contribution in [2.75, 3.05) is 0 Å². The van der Waals surface area contributed by atoms with E-state index in [0.717, 1.165) is 5.56 Å². The Labute approximate surface area is 118 Å². The molecular formula is C17H17FO2. The quantitative estimate of drug-likeness (QED) is 0.766. The Kier molecular flexibility index (Phi) is 4.51. The molecule has 0 aliphatic carbocycles. The lowest BCUT2D eigenvalue weighted by molar-refractivity contribution is -0.148. The Bertz CT molecular complexity index is 593. The molecule has 0 N–H and O–H groups in total. The average molecular weight is 272 g/mol. The van der Waals surface area contributed by atoms with E-state index in [1.165, 1.54) is 6.07 Å². The highest BCUT2D eigenvalue weighted by atomic mass is 19.1. The Morgan fingerprint density at radius 3 is 2.50 bits per heavy atom. The number of esters is 1. The number of halogens is 1. The Balaban J connectivity index is 2.24. The van der Waals surface area contributed by atoms with Crippen LogP contribution in [-0.2, 0) is 9.53 Å². The minimum Gasteiger partial charge on any atom is -0.458 e. The Morgan fingerprint density at radius 2 is 1.90 bits per heavy atom. The molecule has 0 fully saturated rings. The summed E-state index contributed by atoms with van der Waals surface area (Å²) in [5.74, 6) is -0.599. The van der Waals surface area contributed by atoms with E-state index in [9.17, 15) is 9.18 Å². The van der Waals surface area contributed by atoms with Crippen LogP contribution in [0, 0.1) is 5.82 Å². The number of hydrogen-bond acceptors (Lipinski definition) is 2. The van der Waals surface area contributed by atoms with E-state index in [2.05, 4.69) is 0 Å². The molecule has 0 aromatic heterocycles. The summed E-state index contributed by atoms with van der Waals surface area (Å²) in [6, 6.07) is 14.3. The first-order chi connectivity index (χ1) is 9.61. The van der Waals surface area contributed by atoms with E-state index >= 15 is 0 Å². The molecule has 0 spiro atoms. The molecule has 0 radical (unpaired) electrons. The summed E-state index contributed by atoms with van der Waals surface area (Å²) < 4.78 is 19.4. The highest BCUT2D eigenvalue weighted by molar-refractivity contribution is 5.69. The van der Waals surface area contributed by atoms with Crippen LogP contribution < -0.4 is 0 Å². The second-order valence-electron chi connectivity index (χ2n) is 4.59. The highest BCUT2D eigenvalue weighted by Crippen LogP contribution is 2.26. The van der Waals surface area contributed by atoms with Crippen molar-refractivity contribution in [2.45, 2.75) is 26.4 Å². The van der Waals surface area contributed by atoms with Gasteiger partial charge in [0.25, 0.3) is 0 Å². The number of ether oxygens (including phenoxy) is 1. The lowest BCUT2D eigenvalue weighted by atomic mass is 10.0. The van der Waals surface area contributed by atoms with Gasteiger partial charge < -0.3 is 4.74 Å². The molecule has 1 atom stereocenters. The van der Waals surface area contributed by atoms with Crippen molar-refractivity contribution in [3.05, 3.63) is 59.9 Å². The number of carbonyl (C=O) groups excluding carboxylic acids is 1. The second kappa shape index (κ2) is 6.33. The lowest BCUT2D eigenvalue weighted by Gasteiger charge is -2.14. The van der Waals surface area contributed by atoms with Gasteiger partial charge in [0.15, 0.2) is 0 Å². The molecule has 2 rings (SSSR count). The normalized spacial score (nSPS) is 11.9. The van der Waals surface area contributed by atoms with Gasteiger partial charge in [0.05, 0.1) is 0 Å². The van der Waals surface area contributed by atoms with Crippen LogP contribution in [0.25, 0.3) is 11.1 Å². The summed E-state index contributed by atoms with van der Waals surface area (Å²) in [6.45, 7) is 3.47. The van der Waals surface area contributed by atoms with Gasteiger partial charge in [0.2, 0.25) is 0 Å². The third-order valence-electron chi connectivity index (χ3n) is 3.14. The van der Waals surface area contributed by atoms with E-state index in [-0.39, 0.29) is 11.8 Å². The van der Waals surface area contributed by atoms with E-state index in [1.807, 2.05) is 30.3 Å². The van der Waals surface area contributed by atoms with Crippen molar-refractivity contribution < 1.29 is 13.9 Å². The van der Waals surface area contributed by atoms with Gasteiger partial charge in [-0.2, -0.15) is 0 Å². The zero-order valence-corrected chi connectivity index (χ0v) is 11.6. The average Bonchev–Trinajstić information content (AvgIpc) is 2.47. The molecule has 0 saturated heterocycles. The van der Waals surface area contributed by atoms with Crippen LogP contribution in [0.2, 0.25) is 0 Å². The smallest absolute Gasteiger partial charge is 0.306 e. The third-order valence-corrected chi connectivity index (χ3v) is 3.14. The van der Waals surface area contributed by atoms with Gasteiger partial charge in [-0.1, -0.05) is 49.4 Å². The van der Waals surface area contributed by atoms with Gasteiger partial charge >= 0.3 is 5.97 Å². The maximum Gasteiger partial charge on any atom is 0.306 e. The Morgan fingerprint density at radius 1 is 1.20 bits per heavy atom. The Hall–Kier alpha value is -2.16. The van der Waals surface area contributed by atoms with Crippen molar-refractivity contribution >= 4 is 5.97 Å². The zero-order chi connectivity index (χ0) is 14.5. The molecule has 0 bridgehead atoms. The van der Waals surface area contributed by atoms with Crippen LogP contribution in [0.1, 0.15) is 31.9 Å². The standard InChI is InChI=1S/C17H17FO2/c1-3-17(19)20-12(2)14-9-10-15(16(18)11-14)13-7-5-4-6-8-13/h4-12H,3H2,1-2H3. The van der Waals surface area contributed by atoms with Crippen molar-refractivity contribution in [3.63, 3.8) is 0 Å². The van der Waals surface area contributed by atoms with E-state index in [0.29, 0.717) is 17.5 Å². The fraction of sp³-hybridized carbons (Fsp3) is 0.235. The predicted molar refractivity (Wildman–Crippen MR) is 76.6 cm³/mol.